The van der Waals surface area contributed by atoms with Gasteiger partial charge in [0.1, 0.15) is 11.6 Å². The highest BCUT2D eigenvalue weighted by atomic mass is 35.5. The molecule has 88 valence electrons. The maximum absolute atomic E-state index is 12.7. The molecule has 0 unspecified atom stereocenters. The fourth-order valence-corrected chi connectivity index (χ4v) is 1.68. The molecule has 0 fully saturated rings. The Kier molecular flexibility index (Phi) is 3.29. The van der Waals surface area contributed by atoms with Gasteiger partial charge in [0.25, 0.3) is 0 Å². The van der Waals surface area contributed by atoms with Crippen LogP contribution in [0.4, 0.5) is 15.9 Å². The minimum absolute atomic E-state index is 0.262. The Balaban J connectivity index is 2.27. The van der Waals surface area contributed by atoms with Crippen molar-refractivity contribution in [2.75, 3.05) is 5.32 Å². The number of nitrogens with one attached hydrogen (secondary N) is 1. The second-order valence-corrected chi connectivity index (χ2v) is 4.24. The van der Waals surface area contributed by atoms with Crippen molar-refractivity contribution in [3.8, 4) is 0 Å². The van der Waals surface area contributed by atoms with Gasteiger partial charge in [0, 0.05) is 16.4 Å². The van der Waals surface area contributed by atoms with Crippen molar-refractivity contribution >= 4 is 23.1 Å². The Morgan fingerprint density at radius 3 is 2.41 bits per heavy atom. The van der Waals surface area contributed by atoms with Crippen LogP contribution in [0.1, 0.15) is 11.3 Å². The van der Waals surface area contributed by atoms with Crippen LogP contribution in [0.2, 0.25) is 5.02 Å². The van der Waals surface area contributed by atoms with E-state index in [-0.39, 0.29) is 5.82 Å². The molecular weight excluding hydrogens is 239 g/mol. The Morgan fingerprint density at radius 1 is 1.18 bits per heavy atom. The first-order valence-electron chi connectivity index (χ1n) is 5.22. The van der Waals surface area contributed by atoms with Crippen molar-refractivity contribution in [1.29, 1.82) is 0 Å². The second-order valence-electron chi connectivity index (χ2n) is 3.83. The smallest absolute Gasteiger partial charge is 0.132 e. The highest BCUT2D eigenvalue weighted by Crippen LogP contribution is 2.23. The summed E-state index contributed by atoms with van der Waals surface area (Å²) in [5.41, 5.74) is 2.62. The Labute approximate surface area is 104 Å². The van der Waals surface area contributed by atoms with Gasteiger partial charge >= 0.3 is 0 Å². The van der Waals surface area contributed by atoms with E-state index in [0.717, 1.165) is 16.9 Å². The SMILES string of the molecule is Cc1nc(Nc2ccc(F)cc2)cc(Cl)c1C. The van der Waals surface area contributed by atoms with Gasteiger partial charge in [-0.05, 0) is 49.7 Å². The topological polar surface area (TPSA) is 24.9 Å². The summed E-state index contributed by atoms with van der Waals surface area (Å²) in [4.78, 5) is 4.36. The molecule has 0 amide bonds. The maximum Gasteiger partial charge on any atom is 0.132 e. The maximum atomic E-state index is 12.7. The Hall–Kier alpha value is -1.61. The molecule has 0 saturated carbocycles. The average Bonchev–Trinajstić information content (AvgIpc) is 2.29. The lowest BCUT2D eigenvalue weighted by molar-refractivity contribution is 0.628. The number of anilines is 2. The first kappa shape index (κ1) is 11.9. The van der Waals surface area contributed by atoms with Gasteiger partial charge in [0.05, 0.1) is 0 Å². The van der Waals surface area contributed by atoms with Gasteiger partial charge in [-0.25, -0.2) is 9.37 Å². The first-order valence-corrected chi connectivity index (χ1v) is 5.60. The molecule has 0 saturated heterocycles. The third-order valence-electron chi connectivity index (χ3n) is 2.57. The third-order valence-corrected chi connectivity index (χ3v) is 2.96. The van der Waals surface area contributed by atoms with Gasteiger partial charge in [0.2, 0.25) is 0 Å². The van der Waals surface area contributed by atoms with Gasteiger partial charge in [-0.15, -0.1) is 0 Å². The minimum Gasteiger partial charge on any atom is -0.340 e. The number of pyridine rings is 1. The number of benzene rings is 1. The van der Waals surface area contributed by atoms with Crippen LogP contribution in [0, 0.1) is 19.7 Å². The van der Waals surface area contributed by atoms with Crippen LogP contribution in [0.25, 0.3) is 0 Å². The van der Waals surface area contributed by atoms with Gasteiger partial charge in [-0.2, -0.15) is 0 Å². The molecule has 2 nitrogen and oxygen atoms in total. The van der Waals surface area contributed by atoms with Gasteiger partial charge < -0.3 is 5.32 Å². The monoisotopic (exact) mass is 250 g/mol. The van der Waals surface area contributed by atoms with Crippen LogP contribution in [0.3, 0.4) is 0 Å². The fourth-order valence-electron chi connectivity index (χ4n) is 1.44. The molecule has 0 spiro atoms. The molecule has 1 aromatic carbocycles. The largest absolute Gasteiger partial charge is 0.340 e. The van der Waals surface area contributed by atoms with Crippen LogP contribution < -0.4 is 5.32 Å². The molecule has 0 radical (unpaired) electrons. The van der Waals surface area contributed by atoms with Crippen LogP contribution in [-0.4, -0.2) is 4.98 Å². The van der Waals surface area contributed by atoms with E-state index in [9.17, 15) is 4.39 Å². The number of aromatic nitrogens is 1. The molecule has 0 aliphatic heterocycles. The molecule has 0 aliphatic rings. The van der Waals surface area contributed by atoms with Crippen molar-refractivity contribution in [1.82, 2.24) is 4.98 Å². The molecule has 1 aromatic heterocycles. The average molecular weight is 251 g/mol. The van der Waals surface area contributed by atoms with Crippen molar-refractivity contribution in [2.45, 2.75) is 13.8 Å². The zero-order valence-corrected chi connectivity index (χ0v) is 10.3. The summed E-state index contributed by atoms with van der Waals surface area (Å²) in [7, 11) is 0. The number of halogens is 2. The summed E-state index contributed by atoms with van der Waals surface area (Å²) in [5, 5.41) is 3.75. The lowest BCUT2D eigenvalue weighted by atomic mass is 10.2. The van der Waals surface area contributed by atoms with Crippen LogP contribution >= 0.6 is 11.6 Å². The first-order chi connectivity index (χ1) is 8.06. The van der Waals surface area contributed by atoms with E-state index < -0.39 is 0 Å². The van der Waals surface area contributed by atoms with Gasteiger partial charge in [-0.1, -0.05) is 11.6 Å². The molecule has 1 heterocycles. The van der Waals surface area contributed by atoms with Gasteiger partial charge in [-0.3, -0.25) is 0 Å². The van der Waals surface area contributed by atoms with E-state index in [1.807, 2.05) is 13.8 Å². The van der Waals surface area contributed by atoms with Crippen molar-refractivity contribution < 1.29 is 4.39 Å². The molecule has 2 aromatic rings. The third kappa shape index (κ3) is 2.74. The lowest BCUT2D eigenvalue weighted by Gasteiger charge is -2.09. The van der Waals surface area contributed by atoms with Crippen molar-refractivity contribution in [2.24, 2.45) is 0 Å². The quantitative estimate of drug-likeness (QED) is 0.863. The predicted molar refractivity (Wildman–Crippen MR) is 68.4 cm³/mol. The number of aryl methyl sites for hydroxylation is 1. The standard InChI is InChI=1S/C13H12ClFN2/c1-8-9(2)16-13(7-12(8)14)17-11-5-3-10(15)4-6-11/h3-7H,1-2H3,(H,16,17). The minimum atomic E-state index is -0.262. The molecule has 1 N–H and O–H groups in total. The van der Waals surface area contributed by atoms with Crippen molar-refractivity contribution in [3.63, 3.8) is 0 Å². The van der Waals surface area contributed by atoms with Crippen LogP contribution in [0.5, 0.6) is 0 Å². The summed E-state index contributed by atoms with van der Waals surface area (Å²) in [6.07, 6.45) is 0. The molecule has 0 atom stereocenters. The summed E-state index contributed by atoms with van der Waals surface area (Å²) in [6.45, 7) is 3.82. The molecular formula is C13H12ClFN2. The number of nitrogens with zero attached hydrogens (tertiary/aromatic N) is 1. The van der Waals surface area contributed by atoms with Crippen LogP contribution in [-0.2, 0) is 0 Å². The summed E-state index contributed by atoms with van der Waals surface area (Å²) >= 11 is 6.07. The van der Waals surface area contributed by atoms with E-state index in [2.05, 4.69) is 10.3 Å². The highest BCUT2D eigenvalue weighted by Gasteiger charge is 2.04. The van der Waals surface area contributed by atoms with E-state index >= 15 is 0 Å². The number of hydrogen-bond acceptors (Lipinski definition) is 2. The van der Waals surface area contributed by atoms with E-state index in [1.54, 1.807) is 18.2 Å². The predicted octanol–water partition coefficient (Wildman–Crippen LogP) is 4.23. The Morgan fingerprint density at radius 2 is 1.82 bits per heavy atom. The summed E-state index contributed by atoms with van der Waals surface area (Å²) in [5.74, 6) is 0.395. The van der Waals surface area contributed by atoms with E-state index in [4.69, 9.17) is 11.6 Å². The molecule has 2 rings (SSSR count). The summed E-state index contributed by atoms with van der Waals surface area (Å²) < 4.78 is 12.7. The summed E-state index contributed by atoms with van der Waals surface area (Å²) in [6, 6.07) is 7.85. The zero-order valence-electron chi connectivity index (χ0n) is 9.59. The van der Waals surface area contributed by atoms with Crippen molar-refractivity contribution in [3.05, 3.63) is 52.4 Å². The number of rotatable bonds is 2. The fraction of sp³-hybridized carbons (Fsp3) is 0.154. The molecule has 17 heavy (non-hydrogen) atoms. The van der Waals surface area contributed by atoms with Crippen LogP contribution in [0.15, 0.2) is 30.3 Å². The highest BCUT2D eigenvalue weighted by molar-refractivity contribution is 6.31. The normalized spacial score (nSPS) is 10.4. The molecule has 0 bridgehead atoms. The van der Waals surface area contributed by atoms with E-state index in [1.165, 1.54) is 12.1 Å². The second kappa shape index (κ2) is 4.72. The Bertz CT molecular complexity index is 515. The zero-order chi connectivity index (χ0) is 12.4. The molecule has 4 heteroatoms. The number of hydrogen-bond donors (Lipinski definition) is 1. The van der Waals surface area contributed by atoms with Gasteiger partial charge in [0.15, 0.2) is 0 Å². The lowest BCUT2D eigenvalue weighted by Crippen LogP contribution is -1.97. The molecule has 0 aliphatic carbocycles. The van der Waals surface area contributed by atoms with E-state index in [0.29, 0.717) is 10.8 Å².